The maximum Gasteiger partial charge on any atom is 0.270 e. The highest BCUT2D eigenvalue weighted by atomic mass is 79.9. The van der Waals surface area contributed by atoms with Crippen molar-refractivity contribution < 1.29 is 5.41 Å². The molecule has 0 atom stereocenters. The molecular weight excluding hydrogens is 192 g/mol. The zero-order chi connectivity index (χ0) is 7.56. The van der Waals surface area contributed by atoms with Gasteiger partial charge in [-0.3, -0.25) is 11.1 Å². The molecule has 0 radical (unpaired) electrons. The number of hydrogen-bond donors (Lipinski definition) is 2. The van der Waals surface area contributed by atoms with Crippen molar-refractivity contribution in [3.8, 4) is 0 Å². The molecule has 0 saturated heterocycles. The monoisotopic (exact) mass is 199 g/mol. The van der Waals surface area contributed by atoms with Crippen molar-refractivity contribution in [3.05, 3.63) is 34.3 Å². The summed E-state index contributed by atoms with van der Waals surface area (Å²) in [7, 11) is 0. The van der Waals surface area contributed by atoms with Crippen LogP contribution < -0.4 is 11.1 Å². The van der Waals surface area contributed by atoms with Gasteiger partial charge in [-0.2, -0.15) is 0 Å². The van der Waals surface area contributed by atoms with Crippen molar-refractivity contribution in [3.63, 3.8) is 0 Å². The molecule has 2 nitrogen and oxygen atoms in total. The Bertz CT molecular complexity index is 240. The first-order valence-corrected chi connectivity index (χ1v) is 3.63. The van der Waals surface area contributed by atoms with Gasteiger partial charge in [0, 0.05) is 4.47 Å². The summed E-state index contributed by atoms with van der Waals surface area (Å²) < 4.78 is 1.03. The first-order chi connectivity index (χ1) is 4.70. The molecule has 0 spiro atoms. The number of hydrogen-bond acceptors (Lipinski definition) is 0. The summed E-state index contributed by atoms with van der Waals surface area (Å²) in [5.41, 5.74) is 6.21. The maximum atomic E-state index is 5.34. The van der Waals surface area contributed by atoms with E-state index < -0.39 is 0 Å². The van der Waals surface area contributed by atoms with Crippen LogP contribution in [0.5, 0.6) is 0 Å². The molecule has 0 saturated carbocycles. The molecule has 10 heavy (non-hydrogen) atoms. The smallest absolute Gasteiger partial charge is 0.270 e. The summed E-state index contributed by atoms with van der Waals surface area (Å²) >= 11 is 3.30. The van der Waals surface area contributed by atoms with Gasteiger partial charge in [0.1, 0.15) is 0 Å². The van der Waals surface area contributed by atoms with Crippen LogP contribution in [0.4, 0.5) is 0 Å². The zero-order valence-electron chi connectivity index (χ0n) is 5.34. The Hall–Kier alpha value is -0.830. The SMILES string of the molecule is NC(=[NH2+])c1ccc(Br)cc1. The number of benzene rings is 1. The number of rotatable bonds is 1. The maximum absolute atomic E-state index is 5.34. The first kappa shape index (κ1) is 7.28. The Morgan fingerprint density at radius 2 is 1.80 bits per heavy atom. The van der Waals surface area contributed by atoms with E-state index in [0.29, 0.717) is 5.84 Å². The average Bonchev–Trinajstić information content (AvgIpc) is 1.88. The molecule has 1 aromatic rings. The molecule has 0 aliphatic carbocycles. The molecule has 0 fully saturated rings. The lowest BCUT2D eigenvalue weighted by Gasteiger charge is -1.91. The molecule has 0 aliphatic heterocycles. The second kappa shape index (κ2) is 2.84. The fraction of sp³-hybridized carbons (Fsp3) is 0. The molecule has 0 unspecified atom stereocenters. The van der Waals surface area contributed by atoms with Gasteiger partial charge in [-0.1, -0.05) is 15.9 Å². The van der Waals surface area contributed by atoms with Crippen molar-refractivity contribution in [2.45, 2.75) is 0 Å². The van der Waals surface area contributed by atoms with E-state index in [1.54, 1.807) is 0 Å². The Kier molecular flexibility index (Phi) is 2.06. The fourth-order valence-corrected chi connectivity index (χ4v) is 0.907. The molecule has 1 rings (SSSR count). The van der Waals surface area contributed by atoms with Gasteiger partial charge < -0.3 is 0 Å². The number of halogens is 1. The molecule has 0 aromatic heterocycles. The first-order valence-electron chi connectivity index (χ1n) is 2.84. The van der Waals surface area contributed by atoms with Crippen LogP contribution >= 0.6 is 15.9 Å². The molecule has 52 valence electrons. The lowest BCUT2D eigenvalue weighted by Crippen LogP contribution is -2.46. The van der Waals surface area contributed by atoms with Gasteiger partial charge in [0.15, 0.2) is 0 Å². The second-order valence-electron chi connectivity index (χ2n) is 1.96. The lowest BCUT2D eigenvalue weighted by molar-refractivity contribution is -0.114. The second-order valence-corrected chi connectivity index (χ2v) is 2.88. The van der Waals surface area contributed by atoms with Crippen LogP contribution in [-0.2, 0) is 0 Å². The highest BCUT2D eigenvalue weighted by Gasteiger charge is 1.98. The quantitative estimate of drug-likeness (QED) is 0.483. The van der Waals surface area contributed by atoms with Crippen LogP contribution in [-0.4, -0.2) is 5.84 Å². The van der Waals surface area contributed by atoms with Crippen LogP contribution in [0.25, 0.3) is 0 Å². The highest BCUT2D eigenvalue weighted by Crippen LogP contribution is 2.08. The van der Waals surface area contributed by atoms with Gasteiger partial charge in [-0.05, 0) is 24.3 Å². The average molecular weight is 200 g/mol. The third-order valence-electron chi connectivity index (χ3n) is 1.18. The fourth-order valence-electron chi connectivity index (χ4n) is 0.642. The summed E-state index contributed by atoms with van der Waals surface area (Å²) in [6.45, 7) is 0. The van der Waals surface area contributed by atoms with E-state index in [-0.39, 0.29) is 0 Å². The van der Waals surface area contributed by atoms with E-state index in [2.05, 4.69) is 15.9 Å². The van der Waals surface area contributed by atoms with Crippen molar-refractivity contribution in [2.75, 3.05) is 0 Å². The Labute approximate surface area is 67.7 Å². The van der Waals surface area contributed by atoms with E-state index in [1.807, 2.05) is 24.3 Å². The molecular formula is C7H8BrN2+. The van der Waals surface area contributed by atoms with E-state index in [0.717, 1.165) is 10.0 Å². The predicted molar refractivity (Wildman–Crippen MR) is 44.4 cm³/mol. The van der Waals surface area contributed by atoms with Crippen LogP contribution in [0.3, 0.4) is 0 Å². The summed E-state index contributed by atoms with van der Waals surface area (Å²) in [5, 5.41) is 5.34. The van der Waals surface area contributed by atoms with Crippen LogP contribution in [0.1, 0.15) is 5.56 Å². The van der Waals surface area contributed by atoms with E-state index in [9.17, 15) is 0 Å². The van der Waals surface area contributed by atoms with E-state index >= 15 is 0 Å². The molecule has 0 heterocycles. The van der Waals surface area contributed by atoms with Gasteiger partial charge in [0.25, 0.3) is 5.84 Å². The normalized spacial score (nSPS) is 9.30. The predicted octanol–water partition coefficient (Wildman–Crippen LogP) is -0.0865. The van der Waals surface area contributed by atoms with Crippen LogP contribution in [0.15, 0.2) is 28.7 Å². The van der Waals surface area contributed by atoms with Crippen molar-refractivity contribution in [1.82, 2.24) is 0 Å². The minimum Gasteiger partial charge on any atom is -0.287 e. The highest BCUT2D eigenvalue weighted by molar-refractivity contribution is 9.10. The van der Waals surface area contributed by atoms with Gasteiger partial charge in [0.05, 0.1) is 5.56 Å². The molecule has 1 aromatic carbocycles. The minimum atomic E-state index is 0.354. The van der Waals surface area contributed by atoms with Crippen molar-refractivity contribution in [1.29, 1.82) is 0 Å². The summed E-state index contributed by atoms with van der Waals surface area (Å²) in [6.07, 6.45) is 0. The van der Waals surface area contributed by atoms with Gasteiger partial charge in [0.2, 0.25) is 0 Å². The van der Waals surface area contributed by atoms with Crippen molar-refractivity contribution in [2.24, 2.45) is 5.73 Å². The topological polar surface area (TPSA) is 51.6 Å². The molecule has 3 heteroatoms. The third kappa shape index (κ3) is 1.57. The number of amidine groups is 1. The molecule has 0 bridgehead atoms. The summed E-state index contributed by atoms with van der Waals surface area (Å²) in [6, 6.07) is 7.52. The van der Waals surface area contributed by atoms with Gasteiger partial charge in [-0.25, -0.2) is 0 Å². The lowest BCUT2D eigenvalue weighted by atomic mass is 10.2. The Balaban J connectivity index is 3.00. The zero-order valence-corrected chi connectivity index (χ0v) is 6.93. The van der Waals surface area contributed by atoms with Crippen LogP contribution in [0.2, 0.25) is 0 Å². The Morgan fingerprint density at radius 3 is 2.20 bits per heavy atom. The third-order valence-corrected chi connectivity index (χ3v) is 1.71. The van der Waals surface area contributed by atoms with Crippen LogP contribution in [0, 0.1) is 0 Å². The minimum absolute atomic E-state index is 0.354. The summed E-state index contributed by atoms with van der Waals surface area (Å²) in [4.78, 5) is 0. The Morgan fingerprint density at radius 1 is 1.30 bits per heavy atom. The van der Waals surface area contributed by atoms with Gasteiger partial charge >= 0.3 is 0 Å². The summed E-state index contributed by atoms with van der Waals surface area (Å²) in [5.74, 6) is 0.354. The largest absolute Gasteiger partial charge is 0.287 e. The number of nitrogens with two attached hydrogens (primary N) is 2. The molecule has 4 N–H and O–H groups in total. The molecule has 0 aliphatic rings. The standard InChI is InChI=1S/C7H7BrN2/c8-6-3-1-5(2-4-6)7(9)10/h1-4H,(H3,9,10)/p+1. The molecule has 0 amide bonds. The van der Waals surface area contributed by atoms with E-state index in [4.69, 9.17) is 11.1 Å². The van der Waals surface area contributed by atoms with E-state index in [1.165, 1.54) is 0 Å². The van der Waals surface area contributed by atoms with Gasteiger partial charge in [-0.15, -0.1) is 0 Å². The van der Waals surface area contributed by atoms with Crippen molar-refractivity contribution >= 4 is 21.8 Å².